The molecule has 0 saturated carbocycles. The smallest absolute Gasteiger partial charge is 0.122 e. The largest absolute Gasteiger partial charge is 0.496 e. The Labute approximate surface area is 133 Å². The van der Waals surface area contributed by atoms with Crippen molar-refractivity contribution >= 4 is 0 Å². The standard InChI is InChI=1S/C18H27N3O/c1-18(2,21-12-6-9-17-19-13-14-20-17)11-10-15-7-4-5-8-16(15)22-3/h4-5,7-8,13-14,21H,6,9-12H2,1-3H3,(H,19,20). The van der Waals surface area contributed by atoms with Crippen molar-refractivity contribution in [3.05, 3.63) is 48.0 Å². The maximum atomic E-state index is 5.42. The molecule has 0 atom stereocenters. The number of hydrogen-bond acceptors (Lipinski definition) is 3. The van der Waals surface area contributed by atoms with E-state index in [1.807, 2.05) is 18.3 Å². The van der Waals surface area contributed by atoms with Crippen molar-refractivity contribution in [2.75, 3.05) is 13.7 Å². The SMILES string of the molecule is COc1ccccc1CCC(C)(C)NCCCc1ncc[nH]1. The number of H-pyrrole nitrogens is 1. The van der Waals surface area contributed by atoms with Crippen molar-refractivity contribution in [3.8, 4) is 5.75 Å². The number of aromatic amines is 1. The highest BCUT2D eigenvalue weighted by Crippen LogP contribution is 2.22. The van der Waals surface area contributed by atoms with Crippen LogP contribution in [0.3, 0.4) is 0 Å². The molecule has 0 unspecified atom stereocenters. The molecular formula is C18H27N3O. The minimum atomic E-state index is 0.115. The van der Waals surface area contributed by atoms with Gasteiger partial charge >= 0.3 is 0 Å². The second kappa shape index (κ2) is 7.99. The average Bonchev–Trinajstić information content (AvgIpc) is 3.03. The predicted molar refractivity (Wildman–Crippen MR) is 90.3 cm³/mol. The molecule has 2 aromatic rings. The molecule has 0 amide bonds. The Hall–Kier alpha value is -1.81. The summed E-state index contributed by atoms with van der Waals surface area (Å²) in [6.07, 6.45) is 7.85. The summed E-state index contributed by atoms with van der Waals surface area (Å²) in [7, 11) is 1.73. The van der Waals surface area contributed by atoms with E-state index >= 15 is 0 Å². The number of nitrogens with one attached hydrogen (secondary N) is 2. The highest BCUT2D eigenvalue weighted by molar-refractivity contribution is 5.33. The Balaban J connectivity index is 1.73. The lowest BCUT2D eigenvalue weighted by atomic mass is 9.94. The fraction of sp³-hybridized carbons (Fsp3) is 0.500. The molecule has 1 aromatic heterocycles. The minimum absolute atomic E-state index is 0.115. The third-order valence-corrected chi connectivity index (χ3v) is 3.96. The number of ether oxygens (including phenoxy) is 1. The van der Waals surface area contributed by atoms with Crippen LogP contribution in [-0.4, -0.2) is 29.2 Å². The quantitative estimate of drug-likeness (QED) is 0.698. The minimum Gasteiger partial charge on any atom is -0.496 e. The fourth-order valence-corrected chi connectivity index (χ4v) is 2.56. The average molecular weight is 301 g/mol. The first-order valence-electron chi connectivity index (χ1n) is 7.96. The highest BCUT2D eigenvalue weighted by Gasteiger charge is 2.17. The van der Waals surface area contributed by atoms with Gasteiger partial charge in [-0.15, -0.1) is 0 Å². The Bertz CT molecular complexity index is 549. The molecule has 1 heterocycles. The Morgan fingerprint density at radius 2 is 2.05 bits per heavy atom. The molecule has 0 radical (unpaired) electrons. The number of nitrogens with zero attached hydrogens (tertiary/aromatic N) is 1. The van der Waals surface area contributed by atoms with Gasteiger partial charge in [0.15, 0.2) is 0 Å². The molecule has 0 aliphatic heterocycles. The van der Waals surface area contributed by atoms with Crippen molar-refractivity contribution in [1.82, 2.24) is 15.3 Å². The van der Waals surface area contributed by atoms with Gasteiger partial charge in [-0.05, 0) is 51.3 Å². The number of aryl methyl sites for hydroxylation is 2. The summed E-state index contributed by atoms with van der Waals surface area (Å²) >= 11 is 0. The molecule has 0 fully saturated rings. The van der Waals surface area contributed by atoms with Crippen molar-refractivity contribution in [3.63, 3.8) is 0 Å². The second-order valence-electron chi connectivity index (χ2n) is 6.26. The van der Waals surface area contributed by atoms with Gasteiger partial charge in [-0.3, -0.25) is 0 Å². The normalized spacial score (nSPS) is 11.6. The summed E-state index contributed by atoms with van der Waals surface area (Å²) < 4.78 is 5.42. The first-order valence-corrected chi connectivity index (χ1v) is 7.96. The number of para-hydroxylation sites is 1. The summed E-state index contributed by atoms with van der Waals surface area (Å²) in [5.74, 6) is 2.05. The number of rotatable bonds is 9. The summed E-state index contributed by atoms with van der Waals surface area (Å²) in [6, 6.07) is 8.26. The van der Waals surface area contributed by atoms with Crippen LogP contribution in [0.5, 0.6) is 5.75 Å². The lowest BCUT2D eigenvalue weighted by Crippen LogP contribution is -2.40. The molecular weight excluding hydrogens is 274 g/mol. The van der Waals surface area contributed by atoms with Gasteiger partial charge in [-0.25, -0.2) is 4.98 Å². The van der Waals surface area contributed by atoms with E-state index in [0.29, 0.717) is 0 Å². The second-order valence-corrected chi connectivity index (χ2v) is 6.26. The van der Waals surface area contributed by atoms with Gasteiger partial charge in [0, 0.05) is 24.4 Å². The monoisotopic (exact) mass is 301 g/mol. The van der Waals surface area contributed by atoms with E-state index in [-0.39, 0.29) is 5.54 Å². The molecule has 2 N–H and O–H groups in total. The van der Waals surface area contributed by atoms with Crippen LogP contribution >= 0.6 is 0 Å². The molecule has 120 valence electrons. The van der Waals surface area contributed by atoms with E-state index in [9.17, 15) is 0 Å². The third kappa shape index (κ3) is 5.19. The number of hydrogen-bond donors (Lipinski definition) is 2. The molecule has 1 aromatic carbocycles. The lowest BCUT2D eigenvalue weighted by Gasteiger charge is -2.27. The number of methoxy groups -OCH3 is 1. The van der Waals surface area contributed by atoms with Crippen LogP contribution in [0.1, 0.15) is 38.1 Å². The maximum absolute atomic E-state index is 5.42. The zero-order chi connectivity index (χ0) is 15.8. The van der Waals surface area contributed by atoms with Crippen molar-refractivity contribution < 1.29 is 4.74 Å². The Morgan fingerprint density at radius 1 is 1.23 bits per heavy atom. The van der Waals surface area contributed by atoms with E-state index in [0.717, 1.165) is 43.8 Å². The van der Waals surface area contributed by atoms with Crippen LogP contribution in [0.4, 0.5) is 0 Å². The van der Waals surface area contributed by atoms with Gasteiger partial charge in [0.1, 0.15) is 11.6 Å². The zero-order valence-electron chi connectivity index (χ0n) is 13.9. The van der Waals surface area contributed by atoms with Crippen LogP contribution in [0, 0.1) is 0 Å². The molecule has 22 heavy (non-hydrogen) atoms. The lowest BCUT2D eigenvalue weighted by molar-refractivity contribution is 0.355. The first kappa shape index (κ1) is 16.6. The number of imidazole rings is 1. The predicted octanol–water partition coefficient (Wildman–Crippen LogP) is 3.35. The topological polar surface area (TPSA) is 49.9 Å². The zero-order valence-corrected chi connectivity index (χ0v) is 13.9. The van der Waals surface area contributed by atoms with Crippen LogP contribution in [0.25, 0.3) is 0 Å². The van der Waals surface area contributed by atoms with Gasteiger partial charge in [-0.1, -0.05) is 18.2 Å². The van der Waals surface area contributed by atoms with Gasteiger partial charge in [0.2, 0.25) is 0 Å². The van der Waals surface area contributed by atoms with E-state index in [2.05, 4.69) is 41.3 Å². The van der Waals surface area contributed by atoms with Crippen LogP contribution in [0.15, 0.2) is 36.7 Å². The van der Waals surface area contributed by atoms with E-state index in [4.69, 9.17) is 4.74 Å². The van der Waals surface area contributed by atoms with Gasteiger partial charge in [0.05, 0.1) is 7.11 Å². The Kier molecular flexibility index (Phi) is 6.01. The van der Waals surface area contributed by atoms with E-state index < -0.39 is 0 Å². The van der Waals surface area contributed by atoms with Gasteiger partial charge < -0.3 is 15.0 Å². The Morgan fingerprint density at radius 3 is 2.77 bits per heavy atom. The van der Waals surface area contributed by atoms with Crippen LogP contribution in [0.2, 0.25) is 0 Å². The molecule has 0 bridgehead atoms. The molecule has 0 saturated heterocycles. The first-order chi connectivity index (χ1) is 10.6. The molecule has 4 heteroatoms. The van der Waals surface area contributed by atoms with E-state index in [1.165, 1.54) is 5.56 Å². The van der Waals surface area contributed by atoms with Crippen molar-refractivity contribution in [1.29, 1.82) is 0 Å². The van der Waals surface area contributed by atoms with Crippen LogP contribution < -0.4 is 10.1 Å². The van der Waals surface area contributed by atoms with Gasteiger partial charge in [-0.2, -0.15) is 0 Å². The third-order valence-electron chi connectivity index (χ3n) is 3.96. The number of aromatic nitrogens is 2. The van der Waals surface area contributed by atoms with Gasteiger partial charge in [0.25, 0.3) is 0 Å². The molecule has 2 rings (SSSR count). The molecule has 0 spiro atoms. The molecule has 0 aliphatic carbocycles. The highest BCUT2D eigenvalue weighted by atomic mass is 16.5. The van der Waals surface area contributed by atoms with Crippen LogP contribution in [-0.2, 0) is 12.8 Å². The van der Waals surface area contributed by atoms with Crippen molar-refractivity contribution in [2.45, 2.75) is 45.1 Å². The summed E-state index contributed by atoms with van der Waals surface area (Å²) in [6.45, 7) is 5.52. The maximum Gasteiger partial charge on any atom is 0.122 e. The summed E-state index contributed by atoms with van der Waals surface area (Å²) in [4.78, 5) is 7.39. The number of benzene rings is 1. The molecule has 0 aliphatic rings. The fourth-order valence-electron chi connectivity index (χ4n) is 2.56. The van der Waals surface area contributed by atoms with Crippen molar-refractivity contribution in [2.24, 2.45) is 0 Å². The molecule has 4 nitrogen and oxygen atoms in total. The van der Waals surface area contributed by atoms with E-state index in [1.54, 1.807) is 13.3 Å². The summed E-state index contributed by atoms with van der Waals surface area (Å²) in [5, 5.41) is 3.65. The summed E-state index contributed by atoms with van der Waals surface area (Å²) in [5.41, 5.74) is 1.39.